The first-order valence-electron chi connectivity index (χ1n) is 4.10. The summed E-state index contributed by atoms with van der Waals surface area (Å²) < 4.78 is 0. The fraction of sp³-hybridized carbons (Fsp3) is 0.600. The van der Waals surface area contributed by atoms with Crippen LogP contribution in [0.2, 0.25) is 0 Å². The Morgan fingerprint density at radius 2 is 2.10 bits per heavy atom. The summed E-state index contributed by atoms with van der Waals surface area (Å²) in [6, 6.07) is 0. The van der Waals surface area contributed by atoms with Crippen LogP contribution in [0.5, 0.6) is 0 Å². The number of allylic oxidation sites excluding steroid dienone is 4. The summed E-state index contributed by atoms with van der Waals surface area (Å²) in [6.07, 6.45) is 10.4. The van der Waals surface area contributed by atoms with Gasteiger partial charge in [-0.1, -0.05) is 43.6 Å². The largest absolute Gasteiger partial charge is 0.0874 e. The Labute approximate surface area is 64.6 Å². The summed E-state index contributed by atoms with van der Waals surface area (Å²) in [5, 5.41) is 0. The summed E-state index contributed by atoms with van der Waals surface area (Å²) in [6.45, 7) is 6.42. The summed E-state index contributed by atoms with van der Waals surface area (Å²) in [4.78, 5) is 0. The van der Waals surface area contributed by atoms with Gasteiger partial charge < -0.3 is 0 Å². The van der Waals surface area contributed by atoms with Crippen LogP contribution >= 0.6 is 0 Å². The Hall–Kier alpha value is -0.520. The molecule has 0 unspecified atom stereocenters. The molecule has 0 N–H and O–H groups in total. The van der Waals surface area contributed by atoms with Gasteiger partial charge in [-0.25, -0.2) is 0 Å². The highest BCUT2D eigenvalue weighted by atomic mass is 13.9. The smallest absolute Gasteiger partial charge is 0.0345 e. The van der Waals surface area contributed by atoms with Crippen molar-refractivity contribution in [3.05, 3.63) is 23.8 Å². The first-order valence-corrected chi connectivity index (χ1v) is 4.10. The molecular weight excluding hydrogens is 120 g/mol. The third-order valence-corrected chi connectivity index (χ3v) is 1.45. The second-order valence-corrected chi connectivity index (χ2v) is 2.59. The monoisotopic (exact) mass is 138 g/mol. The van der Waals surface area contributed by atoms with Gasteiger partial charge >= 0.3 is 0 Å². The van der Waals surface area contributed by atoms with Crippen molar-refractivity contribution in [1.29, 1.82) is 0 Å². The summed E-state index contributed by atoms with van der Waals surface area (Å²) >= 11 is 0. The fourth-order valence-corrected chi connectivity index (χ4v) is 0.865. The molecule has 0 aliphatic heterocycles. The van der Waals surface area contributed by atoms with Crippen LogP contribution in [0.15, 0.2) is 23.8 Å². The molecule has 0 aliphatic rings. The van der Waals surface area contributed by atoms with Crippen molar-refractivity contribution in [3.63, 3.8) is 0 Å². The standard InChI is InChI=1S/C10H18/c1-4-6-7-9-10(3)8-5-2/h5,8-9H,4,6-7H2,1-3H3/b8-5+,10-9-. The molecule has 0 radical (unpaired) electrons. The van der Waals surface area contributed by atoms with Crippen LogP contribution in [-0.4, -0.2) is 0 Å². The zero-order valence-corrected chi connectivity index (χ0v) is 7.35. The normalized spacial score (nSPS) is 12.9. The Kier molecular flexibility index (Phi) is 6.25. The Balaban J connectivity index is 3.47. The molecule has 0 heteroatoms. The van der Waals surface area contributed by atoms with Gasteiger partial charge in [0.25, 0.3) is 0 Å². The first kappa shape index (κ1) is 9.48. The molecule has 0 aromatic rings. The second-order valence-electron chi connectivity index (χ2n) is 2.59. The molecule has 0 aromatic heterocycles. The van der Waals surface area contributed by atoms with Crippen LogP contribution in [0, 0.1) is 0 Å². The molecular formula is C10H18. The van der Waals surface area contributed by atoms with Crippen molar-refractivity contribution in [2.45, 2.75) is 40.0 Å². The highest BCUT2D eigenvalue weighted by molar-refractivity contribution is 5.14. The van der Waals surface area contributed by atoms with Gasteiger partial charge in [-0.05, 0) is 20.3 Å². The van der Waals surface area contributed by atoms with E-state index in [2.05, 4.69) is 39.0 Å². The van der Waals surface area contributed by atoms with Gasteiger partial charge in [0.1, 0.15) is 0 Å². The van der Waals surface area contributed by atoms with Crippen LogP contribution in [0.3, 0.4) is 0 Å². The second kappa shape index (κ2) is 6.60. The van der Waals surface area contributed by atoms with Crippen molar-refractivity contribution in [2.75, 3.05) is 0 Å². The average Bonchev–Trinajstić information content (AvgIpc) is 1.89. The third kappa shape index (κ3) is 5.61. The maximum Gasteiger partial charge on any atom is -0.0345 e. The van der Waals surface area contributed by atoms with E-state index in [9.17, 15) is 0 Å². The van der Waals surface area contributed by atoms with Crippen molar-refractivity contribution >= 4 is 0 Å². The van der Waals surface area contributed by atoms with Crippen molar-refractivity contribution in [3.8, 4) is 0 Å². The minimum atomic E-state index is 1.23. The molecule has 0 atom stereocenters. The van der Waals surface area contributed by atoms with Crippen molar-refractivity contribution in [1.82, 2.24) is 0 Å². The van der Waals surface area contributed by atoms with Crippen LogP contribution in [-0.2, 0) is 0 Å². The zero-order valence-electron chi connectivity index (χ0n) is 7.35. The number of hydrogen-bond acceptors (Lipinski definition) is 0. The molecule has 10 heavy (non-hydrogen) atoms. The van der Waals surface area contributed by atoms with Gasteiger partial charge in [-0.2, -0.15) is 0 Å². The molecule has 58 valence electrons. The topological polar surface area (TPSA) is 0 Å². The lowest BCUT2D eigenvalue weighted by Crippen LogP contribution is -1.70. The molecule has 0 spiro atoms. The molecule has 0 fully saturated rings. The van der Waals surface area contributed by atoms with Gasteiger partial charge in [-0.15, -0.1) is 0 Å². The Morgan fingerprint density at radius 3 is 2.60 bits per heavy atom. The highest BCUT2D eigenvalue weighted by Gasteiger charge is 1.80. The minimum Gasteiger partial charge on any atom is -0.0874 e. The SMILES string of the molecule is C/C=C/C(C)=C\CCCC. The molecule has 0 bridgehead atoms. The molecule has 0 rings (SSSR count). The van der Waals surface area contributed by atoms with Gasteiger partial charge in [0.2, 0.25) is 0 Å². The van der Waals surface area contributed by atoms with E-state index in [0.29, 0.717) is 0 Å². The molecule has 0 nitrogen and oxygen atoms in total. The fourth-order valence-electron chi connectivity index (χ4n) is 0.865. The van der Waals surface area contributed by atoms with E-state index in [1.54, 1.807) is 0 Å². The molecule has 0 heterocycles. The molecule has 0 aromatic carbocycles. The average molecular weight is 138 g/mol. The summed E-state index contributed by atoms with van der Waals surface area (Å²) in [7, 11) is 0. The molecule has 0 amide bonds. The van der Waals surface area contributed by atoms with Gasteiger partial charge in [-0.3, -0.25) is 0 Å². The van der Waals surface area contributed by atoms with Crippen molar-refractivity contribution < 1.29 is 0 Å². The van der Waals surface area contributed by atoms with Crippen LogP contribution in [0.1, 0.15) is 40.0 Å². The quantitative estimate of drug-likeness (QED) is 0.410. The third-order valence-electron chi connectivity index (χ3n) is 1.45. The summed E-state index contributed by atoms with van der Waals surface area (Å²) in [5.74, 6) is 0. The maximum absolute atomic E-state index is 2.30. The summed E-state index contributed by atoms with van der Waals surface area (Å²) in [5.41, 5.74) is 1.39. The van der Waals surface area contributed by atoms with Crippen molar-refractivity contribution in [2.24, 2.45) is 0 Å². The van der Waals surface area contributed by atoms with E-state index in [0.717, 1.165) is 0 Å². The highest BCUT2D eigenvalue weighted by Crippen LogP contribution is 2.01. The van der Waals surface area contributed by atoms with E-state index >= 15 is 0 Å². The van der Waals surface area contributed by atoms with E-state index in [-0.39, 0.29) is 0 Å². The first-order chi connectivity index (χ1) is 4.81. The van der Waals surface area contributed by atoms with Gasteiger partial charge in [0, 0.05) is 0 Å². The number of unbranched alkanes of at least 4 members (excludes halogenated alkanes) is 2. The number of hydrogen-bond donors (Lipinski definition) is 0. The lowest BCUT2D eigenvalue weighted by Gasteiger charge is -1.91. The van der Waals surface area contributed by atoms with Crippen LogP contribution in [0.25, 0.3) is 0 Å². The van der Waals surface area contributed by atoms with Gasteiger partial charge in [0.15, 0.2) is 0 Å². The van der Waals surface area contributed by atoms with Crippen LogP contribution < -0.4 is 0 Å². The van der Waals surface area contributed by atoms with E-state index in [1.165, 1.54) is 24.8 Å². The van der Waals surface area contributed by atoms with Gasteiger partial charge in [0.05, 0.1) is 0 Å². The maximum atomic E-state index is 2.30. The Bertz CT molecular complexity index is 118. The van der Waals surface area contributed by atoms with Crippen LogP contribution in [0.4, 0.5) is 0 Å². The zero-order chi connectivity index (χ0) is 7.82. The lowest BCUT2D eigenvalue weighted by molar-refractivity contribution is 0.812. The minimum absolute atomic E-state index is 1.23. The predicted octanol–water partition coefficient (Wildman–Crippen LogP) is 3.70. The van der Waals surface area contributed by atoms with E-state index < -0.39 is 0 Å². The lowest BCUT2D eigenvalue weighted by atomic mass is 10.2. The number of rotatable bonds is 4. The predicted molar refractivity (Wildman–Crippen MR) is 48.1 cm³/mol. The molecule has 0 aliphatic carbocycles. The Morgan fingerprint density at radius 1 is 1.40 bits per heavy atom. The molecule has 0 saturated heterocycles. The molecule has 0 saturated carbocycles. The van der Waals surface area contributed by atoms with E-state index in [4.69, 9.17) is 0 Å². The van der Waals surface area contributed by atoms with E-state index in [1.807, 2.05) is 0 Å².